The van der Waals surface area contributed by atoms with Crippen molar-refractivity contribution in [3.05, 3.63) is 0 Å². The van der Waals surface area contributed by atoms with Crippen molar-refractivity contribution in [2.45, 2.75) is 53.9 Å². The van der Waals surface area contributed by atoms with E-state index < -0.39 is 5.97 Å². The molecule has 0 aliphatic carbocycles. The quantitative estimate of drug-likeness (QED) is 0.623. The van der Waals surface area contributed by atoms with E-state index in [4.69, 9.17) is 20.4 Å². The lowest BCUT2D eigenvalue weighted by atomic mass is 10.4. The van der Waals surface area contributed by atoms with E-state index in [1.165, 1.54) is 13.8 Å². The molecule has 0 fully saturated rings. The van der Waals surface area contributed by atoms with E-state index in [1.807, 2.05) is 0 Å². The summed E-state index contributed by atoms with van der Waals surface area (Å²) in [5.41, 5.74) is 0. The van der Waals surface area contributed by atoms with Crippen LogP contribution in [-0.4, -0.2) is 52.5 Å². The van der Waals surface area contributed by atoms with Gasteiger partial charge in [0.25, 0.3) is 0 Å². The van der Waals surface area contributed by atoms with E-state index in [0.717, 1.165) is 20.0 Å². The van der Waals surface area contributed by atoms with Gasteiger partial charge in [0.2, 0.25) is 0 Å². The molecular weight excluding hydrogens is 252 g/mol. The molecule has 0 heterocycles. The molecule has 19 heavy (non-hydrogen) atoms. The van der Waals surface area contributed by atoms with Crippen molar-refractivity contribution in [2.75, 3.05) is 20.3 Å². The molecule has 0 bridgehead atoms. The van der Waals surface area contributed by atoms with Crippen LogP contribution >= 0.6 is 0 Å². The third kappa shape index (κ3) is 421. The lowest BCUT2D eigenvalue weighted by Gasteiger charge is -1.79. The highest BCUT2D eigenvalue weighted by atomic mass is 16.4. The maximum absolute atomic E-state index is 9.44. The maximum atomic E-state index is 9.44. The molecule has 0 saturated carbocycles. The average molecular weight is 284 g/mol. The van der Waals surface area contributed by atoms with Crippen molar-refractivity contribution in [1.82, 2.24) is 0 Å². The third-order valence-electron chi connectivity index (χ3n) is 0.814. The highest BCUT2D eigenvalue weighted by Crippen LogP contribution is 1.78. The molecule has 6 nitrogen and oxygen atoms in total. The number of carbonyl (C=O) groups is 2. The van der Waals surface area contributed by atoms with Crippen LogP contribution in [0.15, 0.2) is 0 Å². The fourth-order valence-corrected chi connectivity index (χ4v) is 0.158. The standard InChI is InChI=1S/C4H10O.C3H6O2.C3H6O.C2H6O.CH4O/c1-2-3-4-5;1-2-3(4)5;1-3(2)4;1-2-3;1-2/h5H,2-4H2,1H3;2H2,1H3,(H,4,5);1-2H3;3H,2H2,1H3;2H,1H3. The summed E-state index contributed by atoms with van der Waals surface area (Å²) in [4.78, 5) is 18.8. The van der Waals surface area contributed by atoms with Gasteiger partial charge < -0.3 is 25.2 Å². The van der Waals surface area contributed by atoms with Gasteiger partial charge in [-0.1, -0.05) is 20.3 Å². The number of unbranched alkanes of at least 4 members (excludes halogenated alkanes) is 1. The Kier molecular flexibility index (Phi) is 70.5. The monoisotopic (exact) mass is 284 g/mol. The molecule has 0 spiro atoms. The summed E-state index contributed by atoms with van der Waals surface area (Å²) in [6.07, 6.45) is 2.26. The lowest BCUT2D eigenvalue weighted by Crippen LogP contribution is -1.86. The summed E-state index contributed by atoms with van der Waals surface area (Å²) in [6.45, 7) is 8.98. The lowest BCUT2D eigenvalue weighted by molar-refractivity contribution is -0.136. The van der Waals surface area contributed by atoms with Crippen molar-refractivity contribution in [2.24, 2.45) is 0 Å². The van der Waals surface area contributed by atoms with Crippen molar-refractivity contribution in [3.63, 3.8) is 0 Å². The van der Waals surface area contributed by atoms with Crippen LogP contribution in [0.1, 0.15) is 53.9 Å². The summed E-state index contributed by atoms with van der Waals surface area (Å²) >= 11 is 0. The Balaban J connectivity index is -0.0000000446. The first-order valence-electron chi connectivity index (χ1n) is 6.19. The number of hydrogen-bond acceptors (Lipinski definition) is 5. The van der Waals surface area contributed by atoms with E-state index in [9.17, 15) is 9.59 Å². The van der Waals surface area contributed by atoms with E-state index in [1.54, 1.807) is 13.8 Å². The fourth-order valence-electron chi connectivity index (χ4n) is 0.158. The van der Waals surface area contributed by atoms with Crippen LogP contribution in [0.4, 0.5) is 0 Å². The Bertz CT molecular complexity index is 142. The summed E-state index contributed by atoms with van der Waals surface area (Å²) in [5.74, 6) is -0.579. The van der Waals surface area contributed by atoms with Crippen LogP contribution in [0.5, 0.6) is 0 Å². The summed E-state index contributed by atoms with van der Waals surface area (Å²) in [5, 5.41) is 30.4. The van der Waals surface area contributed by atoms with Crippen molar-refractivity contribution < 1.29 is 30.0 Å². The van der Waals surface area contributed by atoms with Gasteiger partial charge in [-0.3, -0.25) is 4.79 Å². The number of Topliss-reactive ketones (excluding diaryl/α,β-unsaturated/α-hetero) is 1. The number of aliphatic hydroxyl groups excluding tert-OH is 3. The van der Waals surface area contributed by atoms with Crippen LogP contribution < -0.4 is 0 Å². The zero-order chi connectivity index (χ0) is 16.7. The minimum Gasteiger partial charge on any atom is -0.481 e. The van der Waals surface area contributed by atoms with Gasteiger partial charge in [-0.25, -0.2) is 0 Å². The summed E-state index contributed by atoms with van der Waals surface area (Å²) < 4.78 is 0. The molecule has 0 aromatic rings. The van der Waals surface area contributed by atoms with Crippen LogP contribution in [0.3, 0.4) is 0 Å². The molecule has 120 valence electrons. The fraction of sp³-hybridized carbons (Fsp3) is 0.846. The predicted octanol–water partition coefficient (Wildman–Crippen LogP) is 1.46. The first-order chi connectivity index (χ1) is 8.83. The number of aliphatic hydroxyl groups is 3. The van der Waals surface area contributed by atoms with Crippen LogP contribution in [0, 0.1) is 0 Å². The molecule has 0 atom stereocenters. The zero-order valence-corrected chi connectivity index (χ0v) is 13.1. The Hall–Kier alpha value is -0.980. The number of carboxylic acid groups (broad SMARTS) is 1. The van der Waals surface area contributed by atoms with E-state index in [0.29, 0.717) is 6.61 Å². The topological polar surface area (TPSA) is 115 Å². The predicted molar refractivity (Wildman–Crippen MR) is 77.2 cm³/mol. The maximum Gasteiger partial charge on any atom is 0.303 e. The van der Waals surface area contributed by atoms with Gasteiger partial charge in [0.1, 0.15) is 5.78 Å². The largest absolute Gasteiger partial charge is 0.481 e. The van der Waals surface area contributed by atoms with Crippen LogP contribution in [0.25, 0.3) is 0 Å². The van der Waals surface area contributed by atoms with Crippen LogP contribution in [-0.2, 0) is 9.59 Å². The number of hydrogen-bond donors (Lipinski definition) is 4. The smallest absolute Gasteiger partial charge is 0.303 e. The molecule has 0 aromatic carbocycles. The Morgan fingerprint density at radius 3 is 1.16 bits per heavy atom. The highest BCUT2D eigenvalue weighted by Gasteiger charge is 1.80. The van der Waals surface area contributed by atoms with Gasteiger partial charge in [0.15, 0.2) is 0 Å². The number of ketones is 1. The molecule has 6 heteroatoms. The van der Waals surface area contributed by atoms with Gasteiger partial charge in [-0.05, 0) is 27.2 Å². The summed E-state index contributed by atoms with van der Waals surface area (Å²) in [7, 11) is 1.00. The molecule has 0 unspecified atom stereocenters. The number of rotatable bonds is 3. The molecule has 0 aromatic heterocycles. The number of carboxylic acids is 1. The zero-order valence-electron chi connectivity index (χ0n) is 13.1. The molecule has 0 aliphatic heterocycles. The third-order valence-corrected chi connectivity index (χ3v) is 0.814. The minimum atomic E-state index is -0.745. The van der Waals surface area contributed by atoms with Crippen molar-refractivity contribution in [3.8, 4) is 0 Å². The van der Waals surface area contributed by atoms with Crippen molar-refractivity contribution >= 4 is 11.8 Å². The molecular formula is C13H32O6. The normalized spacial score (nSPS) is 6.79. The minimum absolute atomic E-state index is 0.167. The number of aliphatic carboxylic acids is 1. The SMILES string of the molecule is CC(C)=O.CCC(=O)O.CCCCO.CCO.CO. The Morgan fingerprint density at radius 1 is 0.947 bits per heavy atom. The molecule has 0 radical (unpaired) electrons. The molecule has 0 saturated heterocycles. The van der Waals surface area contributed by atoms with Gasteiger partial charge >= 0.3 is 5.97 Å². The molecule has 0 rings (SSSR count). The van der Waals surface area contributed by atoms with E-state index in [-0.39, 0.29) is 18.8 Å². The van der Waals surface area contributed by atoms with Gasteiger partial charge in [-0.2, -0.15) is 0 Å². The molecule has 4 N–H and O–H groups in total. The van der Waals surface area contributed by atoms with Gasteiger partial charge in [0.05, 0.1) is 0 Å². The second-order valence-electron chi connectivity index (χ2n) is 3.05. The molecule has 0 amide bonds. The first kappa shape index (κ1) is 30.8. The Labute approximate surface area is 117 Å². The highest BCUT2D eigenvalue weighted by molar-refractivity contribution is 5.72. The van der Waals surface area contributed by atoms with Gasteiger partial charge in [0, 0.05) is 26.7 Å². The van der Waals surface area contributed by atoms with Crippen LogP contribution in [0.2, 0.25) is 0 Å². The summed E-state index contributed by atoms with van der Waals surface area (Å²) in [6, 6.07) is 0. The van der Waals surface area contributed by atoms with E-state index in [2.05, 4.69) is 6.92 Å². The number of carbonyl (C=O) groups excluding carboxylic acids is 1. The molecule has 0 aliphatic rings. The first-order valence-corrected chi connectivity index (χ1v) is 6.19. The van der Waals surface area contributed by atoms with Crippen molar-refractivity contribution in [1.29, 1.82) is 0 Å². The second-order valence-corrected chi connectivity index (χ2v) is 3.05. The second kappa shape index (κ2) is 43.5. The van der Waals surface area contributed by atoms with Gasteiger partial charge in [-0.15, -0.1) is 0 Å². The van der Waals surface area contributed by atoms with E-state index >= 15 is 0 Å². The average Bonchev–Trinajstić information content (AvgIpc) is 2.33. The Morgan fingerprint density at radius 2 is 1.16 bits per heavy atom.